The summed E-state index contributed by atoms with van der Waals surface area (Å²) in [6.45, 7) is 0.537. The number of halogens is 1. The van der Waals surface area contributed by atoms with Crippen molar-refractivity contribution in [1.29, 1.82) is 0 Å². The molecule has 1 aromatic heterocycles. The van der Waals surface area contributed by atoms with Gasteiger partial charge in [0.15, 0.2) is 0 Å². The minimum absolute atomic E-state index is 0.0748. The van der Waals surface area contributed by atoms with Crippen molar-refractivity contribution in [3.05, 3.63) is 64.4 Å². The molecule has 2 N–H and O–H groups in total. The van der Waals surface area contributed by atoms with E-state index in [1.807, 2.05) is 49.6 Å². The number of hydrogen-bond acceptors (Lipinski definition) is 3. The lowest BCUT2D eigenvalue weighted by atomic mass is 9.87. The molecule has 0 saturated heterocycles. The van der Waals surface area contributed by atoms with Gasteiger partial charge in [-0.15, -0.1) is 0 Å². The van der Waals surface area contributed by atoms with Gasteiger partial charge in [-0.1, -0.05) is 34.1 Å². The number of aliphatic hydroxyl groups is 1. The number of aromatic nitrogens is 1. The van der Waals surface area contributed by atoms with Crippen LogP contribution in [0.4, 0.5) is 0 Å². The molecule has 2 aromatic rings. The summed E-state index contributed by atoms with van der Waals surface area (Å²) >= 11 is 3.43. The maximum absolute atomic E-state index is 10.4. The summed E-state index contributed by atoms with van der Waals surface area (Å²) in [5, 5.41) is 13.4. The van der Waals surface area contributed by atoms with Crippen LogP contribution in [0, 0.1) is 0 Å². The first kappa shape index (κ1) is 14.2. The smallest absolute Gasteiger partial charge is 0.0773 e. The molecule has 0 spiro atoms. The fraction of sp³-hybridized carbons (Fsp3) is 0.267. The third-order valence-corrected chi connectivity index (χ3v) is 3.60. The van der Waals surface area contributed by atoms with Gasteiger partial charge < -0.3 is 10.4 Å². The average Bonchev–Trinajstić information content (AvgIpc) is 2.43. The highest BCUT2D eigenvalue weighted by Gasteiger charge is 2.22. The Hall–Kier alpha value is -1.23. The number of nitrogens with zero attached hydrogens (tertiary/aromatic N) is 1. The minimum atomic E-state index is -0.490. The van der Waals surface area contributed by atoms with E-state index in [0.717, 1.165) is 15.6 Å². The van der Waals surface area contributed by atoms with Gasteiger partial charge in [-0.05, 0) is 36.4 Å². The molecule has 0 bridgehead atoms. The van der Waals surface area contributed by atoms with Crippen LogP contribution in [-0.4, -0.2) is 29.8 Å². The zero-order valence-electron chi connectivity index (χ0n) is 10.8. The van der Waals surface area contributed by atoms with Crippen molar-refractivity contribution >= 4 is 15.9 Å². The molecule has 0 aliphatic carbocycles. The molecule has 0 saturated carbocycles. The van der Waals surface area contributed by atoms with Crippen LogP contribution in [-0.2, 0) is 0 Å². The normalized spacial score (nSPS) is 14.1. The number of likely N-dealkylation sites (N-methyl/N-ethyl adjacent to an activating group) is 1. The third kappa shape index (κ3) is 3.62. The summed E-state index contributed by atoms with van der Waals surface area (Å²) in [5.74, 6) is -0.0748. The second kappa shape index (κ2) is 6.80. The predicted molar refractivity (Wildman–Crippen MR) is 80.2 cm³/mol. The molecule has 2 atom stereocenters. The monoisotopic (exact) mass is 320 g/mol. The number of aliphatic hydroxyl groups excluding tert-OH is 1. The van der Waals surface area contributed by atoms with E-state index in [0.29, 0.717) is 6.54 Å². The van der Waals surface area contributed by atoms with Gasteiger partial charge in [0, 0.05) is 29.3 Å². The van der Waals surface area contributed by atoms with Gasteiger partial charge in [0.1, 0.15) is 0 Å². The van der Waals surface area contributed by atoms with E-state index in [9.17, 15) is 5.11 Å². The lowest BCUT2D eigenvalue weighted by Crippen LogP contribution is -2.30. The molecule has 0 fully saturated rings. The Labute approximate surface area is 121 Å². The Morgan fingerprint density at radius 2 is 1.95 bits per heavy atom. The summed E-state index contributed by atoms with van der Waals surface area (Å²) in [5.41, 5.74) is 2.10. The molecule has 0 aliphatic heterocycles. The van der Waals surface area contributed by atoms with Crippen LogP contribution in [0.3, 0.4) is 0 Å². The van der Waals surface area contributed by atoms with Crippen molar-refractivity contribution in [2.45, 2.75) is 12.0 Å². The second-order valence-corrected chi connectivity index (χ2v) is 5.36. The highest BCUT2D eigenvalue weighted by atomic mass is 79.9. The summed E-state index contributed by atoms with van der Waals surface area (Å²) in [7, 11) is 1.84. The molecule has 1 heterocycles. The van der Waals surface area contributed by atoms with Crippen molar-refractivity contribution in [3.63, 3.8) is 0 Å². The standard InChI is InChI=1S/C15H17BrN2O/c1-17-10-14(19)15(12-3-2-8-18-9-12)11-4-6-13(16)7-5-11/h2-9,14-15,17,19H,10H2,1H3. The van der Waals surface area contributed by atoms with Crippen molar-refractivity contribution in [1.82, 2.24) is 10.3 Å². The van der Waals surface area contributed by atoms with Crippen molar-refractivity contribution in [3.8, 4) is 0 Å². The zero-order chi connectivity index (χ0) is 13.7. The maximum atomic E-state index is 10.4. The topological polar surface area (TPSA) is 45.1 Å². The van der Waals surface area contributed by atoms with Crippen LogP contribution in [0.2, 0.25) is 0 Å². The molecule has 2 unspecified atom stereocenters. The number of hydrogen-bond donors (Lipinski definition) is 2. The van der Waals surface area contributed by atoms with E-state index in [-0.39, 0.29) is 5.92 Å². The fourth-order valence-electron chi connectivity index (χ4n) is 2.19. The number of nitrogens with one attached hydrogen (secondary N) is 1. The summed E-state index contributed by atoms with van der Waals surface area (Å²) in [6.07, 6.45) is 3.06. The SMILES string of the molecule is CNCC(O)C(c1ccc(Br)cc1)c1cccnc1. The van der Waals surface area contributed by atoms with Gasteiger partial charge in [-0.3, -0.25) is 4.98 Å². The second-order valence-electron chi connectivity index (χ2n) is 4.44. The van der Waals surface area contributed by atoms with Gasteiger partial charge in [0.05, 0.1) is 6.10 Å². The molecular formula is C15H17BrN2O. The van der Waals surface area contributed by atoms with Crippen LogP contribution in [0.5, 0.6) is 0 Å². The van der Waals surface area contributed by atoms with E-state index in [1.165, 1.54) is 0 Å². The Morgan fingerprint density at radius 3 is 2.53 bits per heavy atom. The number of benzene rings is 1. The summed E-state index contributed by atoms with van der Waals surface area (Å²) in [6, 6.07) is 11.9. The van der Waals surface area contributed by atoms with Crippen molar-refractivity contribution in [2.75, 3.05) is 13.6 Å². The molecular weight excluding hydrogens is 304 g/mol. The van der Waals surface area contributed by atoms with Gasteiger partial charge in [0.2, 0.25) is 0 Å². The van der Waals surface area contributed by atoms with E-state index >= 15 is 0 Å². The highest BCUT2D eigenvalue weighted by Crippen LogP contribution is 2.28. The number of pyridine rings is 1. The van der Waals surface area contributed by atoms with Crippen LogP contribution in [0.1, 0.15) is 17.0 Å². The van der Waals surface area contributed by atoms with Gasteiger partial charge >= 0.3 is 0 Å². The van der Waals surface area contributed by atoms with Gasteiger partial charge in [-0.2, -0.15) is 0 Å². The first-order valence-electron chi connectivity index (χ1n) is 6.20. The van der Waals surface area contributed by atoms with Gasteiger partial charge in [0.25, 0.3) is 0 Å². The summed E-state index contributed by atoms with van der Waals surface area (Å²) in [4.78, 5) is 4.15. The molecule has 3 nitrogen and oxygen atoms in total. The number of rotatable bonds is 5. The van der Waals surface area contributed by atoms with Gasteiger partial charge in [-0.25, -0.2) is 0 Å². The molecule has 2 rings (SSSR count). The van der Waals surface area contributed by atoms with E-state index in [4.69, 9.17) is 0 Å². The molecule has 0 aliphatic rings. The van der Waals surface area contributed by atoms with Crippen molar-refractivity contribution < 1.29 is 5.11 Å². The Balaban J connectivity index is 2.37. The largest absolute Gasteiger partial charge is 0.391 e. The first-order valence-corrected chi connectivity index (χ1v) is 6.99. The molecule has 0 amide bonds. The molecule has 4 heteroatoms. The van der Waals surface area contributed by atoms with Crippen LogP contribution in [0.25, 0.3) is 0 Å². The highest BCUT2D eigenvalue weighted by molar-refractivity contribution is 9.10. The third-order valence-electron chi connectivity index (χ3n) is 3.07. The minimum Gasteiger partial charge on any atom is -0.391 e. The zero-order valence-corrected chi connectivity index (χ0v) is 12.3. The lowest BCUT2D eigenvalue weighted by Gasteiger charge is -2.23. The van der Waals surface area contributed by atoms with Crippen molar-refractivity contribution in [2.24, 2.45) is 0 Å². The Morgan fingerprint density at radius 1 is 1.21 bits per heavy atom. The molecule has 1 aromatic carbocycles. The van der Waals surface area contributed by atoms with E-state index < -0.39 is 6.10 Å². The van der Waals surface area contributed by atoms with Crippen LogP contribution in [0.15, 0.2) is 53.3 Å². The van der Waals surface area contributed by atoms with E-state index in [1.54, 1.807) is 6.20 Å². The Kier molecular flexibility index (Phi) is 5.07. The van der Waals surface area contributed by atoms with Crippen LogP contribution < -0.4 is 5.32 Å². The molecule has 19 heavy (non-hydrogen) atoms. The summed E-state index contributed by atoms with van der Waals surface area (Å²) < 4.78 is 1.03. The predicted octanol–water partition coefficient (Wildman–Crippen LogP) is 2.56. The first-order chi connectivity index (χ1) is 9.22. The lowest BCUT2D eigenvalue weighted by molar-refractivity contribution is 0.156. The van der Waals surface area contributed by atoms with Crippen LogP contribution >= 0.6 is 15.9 Å². The molecule has 0 radical (unpaired) electrons. The fourth-order valence-corrected chi connectivity index (χ4v) is 2.46. The Bertz CT molecular complexity index is 501. The maximum Gasteiger partial charge on any atom is 0.0773 e. The molecule has 100 valence electrons. The van der Waals surface area contributed by atoms with E-state index in [2.05, 4.69) is 26.2 Å². The quantitative estimate of drug-likeness (QED) is 0.890. The average molecular weight is 321 g/mol.